The fourth-order valence-corrected chi connectivity index (χ4v) is 2.92. The largest absolute Gasteiger partial charge is 0.489 e. The Kier molecular flexibility index (Phi) is 3.93. The van der Waals surface area contributed by atoms with E-state index in [1.165, 1.54) is 30.4 Å². The van der Waals surface area contributed by atoms with Crippen molar-refractivity contribution in [3.63, 3.8) is 0 Å². The summed E-state index contributed by atoms with van der Waals surface area (Å²) in [5, 5.41) is 0. The monoisotopic (exact) mass is 282 g/mol. The van der Waals surface area contributed by atoms with Gasteiger partial charge in [-0.25, -0.2) is 0 Å². The lowest BCUT2D eigenvalue weighted by molar-refractivity contribution is 0.241. The van der Waals surface area contributed by atoms with Crippen LogP contribution in [0, 0.1) is 0 Å². The first kappa shape index (κ1) is 14.1. The van der Waals surface area contributed by atoms with Crippen molar-refractivity contribution in [1.29, 1.82) is 0 Å². The van der Waals surface area contributed by atoms with E-state index in [-0.39, 0.29) is 12.1 Å². The van der Waals surface area contributed by atoms with Crippen LogP contribution < -0.4 is 10.5 Å². The number of fused-ring (bicyclic) bond motifs is 1. The molecule has 1 aromatic carbocycles. The Morgan fingerprint density at radius 2 is 1.86 bits per heavy atom. The van der Waals surface area contributed by atoms with Crippen LogP contribution in [0.2, 0.25) is 0 Å². The molecule has 3 heteroatoms. The van der Waals surface area contributed by atoms with E-state index < -0.39 is 0 Å². The predicted octanol–water partition coefficient (Wildman–Crippen LogP) is 3.41. The van der Waals surface area contributed by atoms with Gasteiger partial charge in [-0.2, -0.15) is 0 Å². The van der Waals surface area contributed by atoms with Gasteiger partial charge in [0.25, 0.3) is 0 Å². The summed E-state index contributed by atoms with van der Waals surface area (Å²) in [5.41, 5.74) is 11.5. The normalized spacial score (nSPS) is 15.0. The van der Waals surface area contributed by atoms with Crippen LogP contribution in [0.5, 0.6) is 5.75 Å². The van der Waals surface area contributed by atoms with Crippen molar-refractivity contribution in [1.82, 2.24) is 4.98 Å². The summed E-state index contributed by atoms with van der Waals surface area (Å²) < 4.78 is 5.70. The van der Waals surface area contributed by atoms with E-state index in [2.05, 4.69) is 23.2 Å². The van der Waals surface area contributed by atoms with Gasteiger partial charge in [-0.3, -0.25) is 4.98 Å². The highest BCUT2D eigenvalue weighted by molar-refractivity contribution is 5.40. The minimum atomic E-state index is -0.154. The molecular weight excluding hydrogens is 260 g/mol. The van der Waals surface area contributed by atoms with Gasteiger partial charge >= 0.3 is 0 Å². The van der Waals surface area contributed by atoms with Crippen molar-refractivity contribution < 1.29 is 4.74 Å². The van der Waals surface area contributed by atoms with E-state index in [1.807, 2.05) is 26.1 Å². The SMILES string of the molecule is CC(C)Oc1cncc(C(N)c2ccc3c(c2)CCC3)c1. The van der Waals surface area contributed by atoms with Crippen LogP contribution >= 0.6 is 0 Å². The highest BCUT2D eigenvalue weighted by atomic mass is 16.5. The second-order valence-corrected chi connectivity index (χ2v) is 5.98. The van der Waals surface area contributed by atoms with Gasteiger partial charge in [-0.05, 0) is 61.4 Å². The van der Waals surface area contributed by atoms with E-state index in [0.717, 1.165) is 16.9 Å². The molecule has 21 heavy (non-hydrogen) atoms. The summed E-state index contributed by atoms with van der Waals surface area (Å²) in [6.45, 7) is 4.01. The van der Waals surface area contributed by atoms with Gasteiger partial charge in [0.2, 0.25) is 0 Å². The highest BCUT2D eigenvalue weighted by Gasteiger charge is 2.15. The number of ether oxygens (including phenoxy) is 1. The standard InChI is InChI=1S/C18H22N2O/c1-12(2)21-17-9-16(10-20-11-17)18(19)15-7-6-13-4-3-5-14(13)8-15/h6-12,18H,3-5,19H2,1-2H3. The first-order valence-electron chi connectivity index (χ1n) is 7.62. The summed E-state index contributed by atoms with van der Waals surface area (Å²) in [4.78, 5) is 4.25. The Bertz CT molecular complexity index is 637. The molecule has 1 aliphatic rings. The van der Waals surface area contributed by atoms with E-state index in [0.29, 0.717) is 0 Å². The summed E-state index contributed by atoms with van der Waals surface area (Å²) in [5.74, 6) is 0.777. The lowest BCUT2D eigenvalue weighted by Gasteiger charge is -2.16. The maximum Gasteiger partial charge on any atom is 0.138 e. The maximum absolute atomic E-state index is 6.41. The number of benzene rings is 1. The number of rotatable bonds is 4. The third-order valence-corrected chi connectivity index (χ3v) is 3.95. The molecule has 0 aliphatic heterocycles. The molecule has 0 saturated heterocycles. The zero-order chi connectivity index (χ0) is 14.8. The molecule has 1 aromatic heterocycles. The Hall–Kier alpha value is -1.87. The summed E-state index contributed by atoms with van der Waals surface area (Å²) in [6.07, 6.45) is 7.32. The zero-order valence-electron chi connectivity index (χ0n) is 12.7. The highest BCUT2D eigenvalue weighted by Crippen LogP contribution is 2.28. The van der Waals surface area contributed by atoms with Crippen LogP contribution in [0.1, 0.15) is 48.6 Å². The zero-order valence-corrected chi connectivity index (χ0v) is 12.7. The van der Waals surface area contributed by atoms with Crippen molar-refractivity contribution >= 4 is 0 Å². The summed E-state index contributed by atoms with van der Waals surface area (Å²) in [6, 6.07) is 8.46. The van der Waals surface area contributed by atoms with Crippen LogP contribution in [0.25, 0.3) is 0 Å². The van der Waals surface area contributed by atoms with E-state index in [1.54, 1.807) is 6.20 Å². The van der Waals surface area contributed by atoms with Gasteiger partial charge in [-0.15, -0.1) is 0 Å². The molecule has 110 valence electrons. The first-order valence-corrected chi connectivity index (χ1v) is 7.62. The third-order valence-electron chi connectivity index (χ3n) is 3.95. The van der Waals surface area contributed by atoms with Gasteiger partial charge in [0.05, 0.1) is 18.3 Å². The number of hydrogen-bond donors (Lipinski definition) is 1. The molecule has 0 radical (unpaired) electrons. The molecule has 0 bridgehead atoms. The average molecular weight is 282 g/mol. The quantitative estimate of drug-likeness (QED) is 0.935. The number of nitrogens with zero attached hydrogens (tertiary/aromatic N) is 1. The summed E-state index contributed by atoms with van der Waals surface area (Å²) in [7, 11) is 0. The predicted molar refractivity (Wildman–Crippen MR) is 84.5 cm³/mol. The Labute approximate surface area is 126 Å². The number of pyridine rings is 1. The van der Waals surface area contributed by atoms with Gasteiger partial charge < -0.3 is 10.5 Å². The third kappa shape index (κ3) is 3.08. The molecule has 0 amide bonds. The summed E-state index contributed by atoms with van der Waals surface area (Å²) >= 11 is 0. The molecule has 1 heterocycles. The molecular formula is C18H22N2O. The minimum absolute atomic E-state index is 0.137. The molecule has 0 spiro atoms. The van der Waals surface area contributed by atoms with Crippen molar-refractivity contribution in [3.05, 3.63) is 58.9 Å². The molecule has 0 fully saturated rings. The number of aromatic nitrogens is 1. The van der Waals surface area contributed by atoms with Crippen LogP contribution in [0.4, 0.5) is 0 Å². The second-order valence-electron chi connectivity index (χ2n) is 5.98. The Morgan fingerprint density at radius 1 is 1.05 bits per heavy atom. The molecule has 3 rings (SSSR count). The topological polar surface area (TPSA) is 48.1 Å². The van der Waals surface area contributed by atoms with Crippen LogP contribution in [-0.4, -0.2) is 11.1 Å². The Morgan fingerprint density at radius 3 is 2.67 bits per heavy atom. The molecule has 1 unspecified atom stereocenters. The van der Waals surface area contributed by atoms with Crippen LogP contribution in [0.15, 0.2) is 36.7 Å². The van der Waals surface area contributed by atoms with Gasteiger partial charge in [-0.1, -0.05) is 18.2 Å². The molecule has 2 aromatic rings. The number of aryl methyl sites for hydroxylation is 2. The van der Waals surface area contributed by atoms with Gasteiger partial charge in [0.15, 0.2) is 0 Å². The minimum Gasteiger partial charge on any atom is -0.489 e. The lowest BCUT2D eigenvalue weighted by Crippen LogP contribution is -2.13. The molecule has 2 N–H and O–H groups in total. The maximum atomic E-state index is 6.41. The smallest absolute Gasteiger partial charge is 0.138 e. The van der Waals surface area contributed by atoms with E-state index in [4.69, 9.17) is 10.5 Å². The Balaban J connectivity index is 1.86. The fourth-order valence-electron chi connectivity index (χ4n) is 2.92. The van der Waals surface area contributed by atoms with Crippen molar-refractivity contribution in [3.8, 4) is 5.75 Å². The first-order chi connectivity index (χ1) is 10.1. The van der Waals surface area contributed by atoms with Crippen LogP contribution in [0.3, 0.4) is 0 Å². The van der Waals surface area contributed by atoms with Crippen molar-refractivity contribution in [2.75, 3.05) is 0 Å². The van der Waals surface area contributed by atoms with E-state index in [9.17, 15) is 0 Å². The van der Waals surface area contributed by atoms with Crippen molar-refractivity contribution in [2.45, 2.75) is 45.3 Å². The average Bonchev–Trinajstić information content (AvgIpc) is 2.93. The lowest BCUT2D eigenvalue weighted by atomic mass is 9.97. The molecule has 1 atom stereocenters. The van der Waals surface area contributed by atoms with E-state index >= 15 is 0 Å². The van der Waals surface area contributed by atoms with Crippen molar-refractivity contribution in [2.24, 2.45) is 5.73 Å². The molecule has 3 nitrogen and oxygen atoms in total. The number of nitrogens with two attached hydrogens (primary N) is 1. The number of hydrogen-bond acceptors (Lipinski definition) is 3. The fraction of sp³-hybridized carbons (Fsp3) is 0.389. The second kappa shape index (κ2) is 5.86. The molecule has 1 aliphatic carbocycles. The molecule has 0 saturated carbocycles. The van der Waals surface area contributed by atoms with Gasteiger partial charge in [0, 0.05) is 6.20 Å². The van der Waals surface area contributed by atoms with Gasteiger partial charge in [0.1, 0.15) is 5.75 Å². The van der Waals surface area contributed by atoms with Crippen LogP contribution in [-0.2, 0) is 12.8 Å².